The number of amides is 1. The van der Waals surface area contributed by atoms with Crippen LogP contribution in [0.4, 0.5) is 4.79 Å². The van der Waals surface area contributed by atoms with E-state index in [1.807, 2.05) is 6.07 Å². The fraction of sp³-hybridized carbons (Fsp3) is 0.500. The Balaban J connectivity index is 2.24. The van der Waals surface area contributed by atoms with Gasteiger partial charge in [-0.3, -0.25) is 0 Å². The van der Waals surface area contributed by atoms with E-state index in [4.69, 9.17) is 18.9 Å². The van der Waals surface area contributed by atoms with Crippen LogP contribution in [0.3, 0.4) is 0 Å². The summed E-state index contributed by atoms with van der Waals surface area (Å²) in [5.74, 6) is 0.755. The predicted molar refractivity (Wildman–Crippen MR) is 99.9 cm³/mol. The second kappa shape index (κ2) is 8.79. The van der Waals surface area contributed by atoms with Crippen LogP contribution >= 0.6 is 0 Å². The zero-order chi connectivity index (χ0) is 20.0. The Kier molecular flexibility index (Phi) is 6.71. The highest BCUT2D eigenvalue weighted by atomic mass is 16.6. The standard InChI is InChI=1S/C20H27NO6/c1-20(2,3)27-19(23)21-15(12-14-7-6-8-18(22)26-14)13-9-10-16(24-4)17(11-13)25-5/h6,8-11,14-15H,7,12H2,1-5H3,(H,21,23)/t14-,15-/m0/s1. The van der Waals surface area contributed by atoms with Crippen molar-refractivity contribution in [2.45, 2.75) is 51.4 Å². The zero-order valence-electron chi connectivity index (χ0n) is 16.4. The number of carbonyl (C=O) groups excluding carboxylic acids is 2. The normalized spacial score (nSPS) is 17.7. The van der Waals surface area contributed by atoms with Crippen molar-refractivity contribution in [1.29, 1.82) is 0 Å². The van der Waals surface area contributed by atoms with E-state index in [1.165, 1.54) is 6.08 Å². The third-order valence-electron chi connectivity index (χ3n) is 3.94. The minimum atomic E-state index is -0.619. The van der Waals surface area contributed by atoms with Crippen LogP contribution in [0.2, 0.25) is 0 Å². The molecule has 148 valence electrons. The van der Waals surface area contributed by atoms with E-state index in [-0.39, 0.29) is 12.1 Å². The summed E-state index contributed by atoms with van der Waals surface area (Å²) < 4.78 is 21.3. The third-order valence-corrected chi connectivity index (χ3v) is 3.94. The van der Waals surface area contributed by atoms with Gasteiger partial charge in [0.05, 0.1) is 20.3 Å². The molecule has 0 aliphatic carbocycles. The number of cyclic esters (lactones) is 1. The first-order valence-corrected chi connectivity index (χ1v) is 8.80. The number of hydrogen-bond acceptors (Lipinski definition) is 6. The van der Waals surface area contributed by atoms with Crippen LogP contribution < -0.4 is 14.8 Å². The van der Waals surface area contributed by atoms with Crippen LogP contribution in [0.25, 0.3) is 0 Å². The number of hydrogen-bond donors (Lipinski definition) is 1. The van der Waals surface area contributed by atoms with Crippen LogP contribution in [0.15, 0.2) is 30.4 Å². The molecule has 1 aromatic rings. The number of carbonyl (C=O) groups is 2. The Morgan fingerprint density at radius 3 is 2.56 bits per heavy atom. The van der Waals surface area contributed by atoms with E-state index in [0.29, 0.717) is 24.3 Å². The van der Waals surface area contributed by atoms with Crippen molar-refractivity contribution < 1.29 is 28.5 Å². The van der Waals surface area contributed by atoms with Gasteiger partial charge in [-0.15, -0.1) is 0 Å². The molecule has 0 spiro atoms. The number of alkyl carbamates (subject to hydrolysis) is 1. The molecular weight excluding hydrogens is 350 g/mol. The van der Waals surface area contributed by atoms with E-state index in [0.717, 1.165) is 5.56 Å². The number of nitrogens with one attached hydrogen (secondary N) is 1. The lowest BCUT2D eigenvalue weighted by Gasteiger charge is -2.27. The van der Waals surface area contributed by atoms with Crippen molar-refractivity contribution in [3.05, 3.63) is 35.9 Å². The number of rotatable bonds is 6. The number of ether oxygens (including phenoxy) is 4. The summed E-state index contributed by atoms with van der Waals surface area (Å²) in [6.45, 7) is 5.39. The number of benzene rings is 1. The van der Waals surface area contributed by atoms with Gasteiger partial charge < -0.3 is 24.3 Å². The molecule has 1 amide bonds. The molecule has 2 atom stereocenters. The van der Waals surface area contributed by atoms with Crippen molar-refractivity contribution >= 4 is 12.1 Å². The molecule has 1 aliphatic rings. The fourth-order valence-electron chi connectivity index (χ4n) is 2.77. The van der Waals surface area contributed by atoms with Gasteiger partial charge in [-0.25, -0.2) is 9.59 Å². The summed E-state index contributed by atoms with van der Waals surface area (Å²) in [7, 11) is 3.10. The lowest BCUT2D eigenvalue weighted by atomic mass is 9.98. The van der Waals surface area contributed by atoms with Crippen LogP contribution in [-0.4, -0.2) is 38.0 Å². The molecule has 0 saturated heterocycles. The summed E-state index contributed by atoms with van der Waals surface area (Å²) in [5, 5.41) is 2.87. The Bertz CT molecular complexity index is 707. The van der Waals surface area contributed by atoms with E-state index < -0.39 is 17.7 Å². The molecule has 0 unspecified atom stereocenters. The van der Waals surface area contributed by atoms with Crippen molar-refractivity contribution in [1.82, 2.24) is 5.32 Å². The van der Waals surface area contributed by atoms with Gasteiger partial charge in [-0.1, -0.05) is 12.1 Å². The maximum absolute atomic E-state index is 12.3. The topological polar surface area (TPSA) is 83.1 Å². The summed E-state index contributed by atoms with van der Waals surface area (Å²) >= 11 is 0. The molecule has 1 aromatic carbocycles. The summed E-state index contributed by atoms with van der Waals surface area (Å²) in [6, 6.07) is 4.97. The lowest BCUT2D eigenvalue weighted by Crippen LogP contribution is -2.37. The maximum Gasteiger partial charge on any atom is 0.408 e. The highest BCUT2D eigenvalue weighted by molar-refractivity contribution is 5.82. The Morgan fingerprint density at radius 2 is 1.96 bits per heavy atom. The average Bonchev–Trinajstić information content (AvgIpc) is 2.59. The Morgan fingerprint density at radius 1 is 1.26 bits per heavy atom. The van der Waals surface area contributed by atoms with Gasteiger partial charge in [0.2, 0.25) is 0 Å². The zero-order valence-corrected chi connectivity index (χ0v) is 16.4. The number of methoxy groups -OCH3 is 2. The quantitative estimate of drug-likeness (QED) is 0.764. The van der Waals surface area contributed by atoms with E-state index >= 15 is 0 Å². The lowest BCUT2D eigenvalue weighted by molar-refractivity contribution is -0.144. The fourth-order valence-corrected chi connectivity index (χ4v) is 2.77. The van der Waals surface area contributed by atoms with Crippen LogP contribution in [0.5, 0.6) is 11.5 Å². The van der Waals surface area contributed by atoms with Crippen LogP contribution in [-0.2, 0) is 14.3 Å². The third kappa shape index (κ3) is 6.20. The molecule has 1 aliphatic heterocycles. The smallest absolute Gasteiger partial charge is 0.408 e. The maximum atomic E-state index is 12.3. The van der Waals surface area contributed by atoms with Gasteiger partial charge >= 0.3 is 12.1 Å². The van der Waals surface area contributed by atoms with Gasteiger partial charge in [0.25, 0.3) is 0 Å². The molecular formula is C20H27NO6. The highest BCUT2D eigenvalue weighted by Gasteiger charge is 2.26. The SMILES string of the molecule is COc1ccc([C@H](C[C@@H]2CC=CC(=O)O2)NC(=O)OC(C)(C)C)cc1OC. The van der Waals surface area contributed by atoms with E-state index in [9.17, 15) is 9.59 Å². The van der Waals surface area contributed by atoms with E-state index in [2.05, 4.69) is 5.32 Å². The first kappa shape index (κ1) is 20.6. The summed E-state index contributed by atoms with van der Waals surface area (Å²) in [6.07, 6.45) is 3.30. The highest BCUT2D eigenvalue weighted by Crippen LogP contribution is 2.32. The Labute approximate surface area is 159 Å². The first-order valence-electron chi connectivity index (χ1n) is 8.80. The molecule has 7 nitrogen and oxygen atoms in total. The molecule has 2 rings (SSSR count). The average molecular weight is 377 g/mol. The van der Waals surface area contributed by atoms with Crippen molar-refractivity contribution in [2.24, 2.45) is 0 Å². The van der Waals surface area contributed by atoms with Gasteiger partial charge in [0, 0.05) is 18.9 Å². The minimum Gasteiger partial charge on any atom is -0.493 e. The molecule has 0 saturated carbocycles. The van der Waals surface area contributed by atoms with Crippen LogP contribution in [0, 0.1) is 0 Å². The number of esters is 1. The molecule has 0 fully saturated rings. The van der Waals surface area contributed by atoms with Gasteiger partial charge in [-0.05, 0) is 38.5 Å². The van der Waals surface area contributed by atoms with Gasteiger partial charge in [-0.2, -0.15) is 0 Å². The second-order valence-electron chi connectivity index (χ2n) is 7.25. The van der Waals surface area contributed by atoms with Crippen molar-refractivity contribution in [3.8, 4) is 11.5 Å². The molecule has 0 aromatic heterocycles. The van der Waals surface area contributed by atoms with Gasteiger partial charge in [0.15, 0.2) is 11.5 Å². The largest absolute Gasteiger partial charge is 0.493 e. The molecule has 1 heterocycles. The van der Waals surface area contributed by atoms with Crippen molar-refractivity contribution in [3.63, 3.8) is 0 Å². The molecule has 7 heteroatoms. The monoisotopic (exact) mass is 377 g/mol. The van der Waals surface area contributed by atoms with E-state index in [1.54, 1.807) is 53.2 Å². The molecule has 0 radical (unpaired) electrons. The molecule has 1 N–H and O–H groups in total. The molecule has 0 bridgehead atoms. The summed E-state index contributed by atoms with van der Waals surface area (Å²) in [5.41, 5.74) is 0.177. The minimum absolute atomic E-state index is 0.337. The van der Waals surface area contributed by atoms with Gasteiger partial charge in [0.1, 0.15) is 11.7 Å². The summed E-state index contributed by atoms with van der Waals surface area (Å²) in [4.78, 5) is 23.8. The molecule has 27 heavy (non-hydrogen) atoms. The van der Waals surface area contributed by atoms with Crippen molar-refractivity contribution in [2.75, 3.05) is 14.2 Å². The Hall–Kier alpha value is -2.70. The predicted octanol–water partition coefficient (Wildman–Crippen LogP) is 3.53. The second-order valence-corrected chi connectivity index (χ2v) is 7.25. The first-order chi connectivity index (χ1) is 12.7. The van der Waals surface area contributed by atoms with Crippen LogP contribution in [0.1, 0.15) is 45.2 Å².